The molecule has 6 heteroatoms. The number of nitrogens with zero attached hydrogens (tertiary/aromatic N) is 4. The Morgan fingerprint density at radius 2 is 1.40 bits per heavy atom. The second-order valence-corrected chi connectivity index (χ2v) is 5.80. The second kappa shape index (κ2) is 6.45. The quantitative estimate of drug-likeness (QED) is 0.533. The lowest BCUT2D eigenvalue weighted by Crippen LogP contribution is -2.01. The summed E-state index contributed by atoms with van der Waals surface area (Å²) in [6.45, 7) is 0. The molecule has 122 valence electrons. The van der Waals surface area contributed by atoms with Gasteiger partial charge in [-0.25, -0.2) is 4.39 Å². The van der Waals surface area contributed by atoms with Crippen molar-refractivity contribution in [3.05, 3.63) is 83.6 Å². The highest BCUT2D eigenvalue weighted by atomic mass is 35.5. The lowest BCUT2D eigenvalue weighted by Gasteiger charge is -2.11. The van der Waals surface area contributed by atoms with Crippen molar-refractivity contribution in [2.24, 2.45) is 0 Å². The van der Waals surface area contributed by atoms with E-state index in [2.05, 4.69) is 15.5 Å². The van der Waals surface area contributed by atoms with Gasteiger partial charge in [-0.05, 0) is 34.2 Å². The number of halogens is 2. The van der Waals surface area contributed by atoms with Gasteiger partial charge in [0.1, 0.15) is 5.82 Å². The average molecular weight is 351 g/mol. The minimum absolute atomic E-state index is 0.299. The van der Waals surface area contributed by atoms with Crippen LogP contribution in [0.2, 0.25) is 5.02 Å². The fourth-order valence-corrected chi connectivity index (χ4v) is 2.95. The van der Waals surface area contributed by atoms with E-state index in [0.29, 0.717) is 27.7 Å². The molecule has 0 saturated heterocycles. The van der Waals surface area contributed by atoms with Gasteiger partial charge in [0.25, 0.3) is 0 Å². The molecule has 0 amide bonds. The van der Waals surface area contributed by atoms with Crippen molar-refractivity contribution in [2.45, 2.75) is 0 Å². The Morgan fingerprint density at radius 3 is 2.16 bits per heavy atom. The van der Waals surface area contributed by atoms with Gasteiger partial charge >= 0.3 is 0 Å². The summed E-state index contributed by atoms with van der Waals surface area (Å²) in [4.78, 5) is 0. The van der Waals surface area contributed by atoms with Gasteiger partial charge in [-0.15, -0.1) is 5.10 Å². The first-order valence-corrected chi connectivity index (χ1v) is 8.01. The Bertz CT molecular complexity index is 1040. The van der Waals surface area contributed by atoms with Crippen molar-refractivity contribution in [3.8, 4) is 28.2 Å². The number of rotatable bonds is 3. The van der Waals surface area contributed by atoms with Crippen LogP contribution in [0.5, 0.6) is 0 Å². The molecular formula is C19H12ClFN4. The number of hydrogen-bond acceptors (Lipinski definition) is 3. The molecule has 0 aliphatic carbocycles. The highest BCUT2D eigenvalue weighted by molar-refractivity contribution is 6.32. The highest BCUT2D eigenvalue weighted by Crippen LogP contribution is 2.33. The van der Waals surface area contributed by atoms with E-state index < -0.39 is 0 Å². The van der Waals surface area contributed by atoms with E-state index in [0.717, 1.165) is 5.56 Å². The Labute approximate surface area is 148 Å². The molecule has 0 N–H and O–H groups in total. The number of hydrogen-bond donors (Lipinski definition) is 0. The predicted molar refractivity (Wildman–Crippen MR) is 95.0 cm³/mol. The zero-order chi connectivity index (χ0) is 17.2. The van der Waals surface area contributed by atoms with Crippen LogP contribution in [0.3, 0.4) is 0 Å². The van der Waals surface area contributed by atoms with Crippen LogP contribution < -0.4 is 0 Å². The molecule has 4 rings (SSSR count). The van der Waals surface area contributed by atoms with Gasteiger partial charge < -0.3 is 0 Å². The molecule has 0 bridgehead atoms. The molecule has 0 spiro atoms. The van der Waals surface area contributed by atoms with E-state index in [9.17, 15) is 4.39 Å². The van der Waals surface area contributed by atoms with Gasteiger partial charge in [-0.2, -0.15) is 4.68 Å². The van der Waals surface area contributed by atoms with E-state index >= 15 is 0 Å². The zero-order valence-corrected chi connectivity index (χ0v) is 13.7. The molecule has 1 aromatic heterocycles. The summed E-state index contributed by atoms with van der Waals surface area (Å²) in [6, 6.07) is 21.3. The smallest absolute Gasteiger partial charge is 0.187 e. The molecule has 4 nitrogen and oxygen atoms in total. The van der Waals surface area contributed by atoms with Crippen molar-refractivity contribution < 1.29 is 4.39 Å². The molecule has 0 atom stereocenters. The lowest BCUT2D eigenvalue weighted by atomic mass is 9.98. The largest absolute Gasteiger partial charge is 0.206 e. The minimum Gasteiger partial charge on any atom is -0.206 e. The Balaban J connectivity index is 1.93. The van der Waals surface area contributed by atoms with Crippen molar-refractivity contribution in [1.82, 2.24) is 20.2 Å². The monoisotopic (exact) mass is 350 g/mol. The van der Waals surface area contributed by atoms with E-state index in [1.165, 1.54) is 6.07 Å². The molecule has 0 radical (unpaired) electrons. The lowest BCUT2D eigenvalue weighted by molar-refractivity contribution is 0.631. The van der Waals surface area contributed by atoms with Crippen molar-refractivity contribution in [1.29, 1.82) is 0 Å². The topological polar surface area (TPSA) is 43.6 Å². The van der Waals surface area contributed by atoms with Crippen LogP contribution in [-0.4, -0.2) is 20.2 Å². The van der Waals surface area contributed by atoms with Crippen LogP contribution in [0.15, 0.2) is 72.8 Å². The van der Waals surface area contributed by atoms with Gasteiger partial charge in [0.05, 0.1) is 10.7 Å². The van der Waals surface area contributed by atoms with Gasteiger partial charge in [0.2, 0.25) is 0 Å². The predicted octanol–water partition coefficient (Wildman–Crippen LogP) is 4.79. The fraction of sp³-hybridized carbons (Fsp3) is 0. The van der Waals surface area contributed by atoms with Crippen LogP contribution in [0, 0.1) is 5.82 Å². The summed E-state index contributed by atoms with van der Waals surface area (Å²) in [7, 11) is 0. The summed E-state index contributed by atoms with van der Waals surface area (Å²) in [5.41, 5.74) is 2.58. The molecule has 3 aromatic carbocycles. The van der Waals surface area contributed by atoms with Gasteiger partial charge in [-0.3, -0.25) is 0 Å². The van der Waals surface area contributed by atoms with Gasteiger partial charge in [-0.1, -0.05) is 66.2 Å². The Hall–Kier alpha value is -3.05. The maximum Gasteiger partial charge on any atom is 0.187 e. The first-order chi connectivity index (χ1) is 12.3. The molecule has 1 heterocycles. The van der Waals surface area contributed by atoms with Crippen molar-refractivity contribution in [2.75, 3.05) is 0 Å². The van der Waals surface area contributed by atoms with Gasteiger partial charge in [0.15, 0.2) is 5.82 Å². The van der Waals surface area contributed by atoms with Gasteiger partial charge in [0, 0.05) is 11.1 Å². The molecule has 0 saturated carbocycles. The van der Waals surface area contributed by atoms with E-state index in [4.69, 9.17) is 11.6 Å². The van der Waals surface area contributed by atoms with Crippen LogP contribution in [0.1, 0.15) is 0 Å². The number of aromatic nitrogens is 4. The summed E-state index contributed by atoms with van der Waals surface area (Å²) in [5, 5.41) is 12.5. The second-order valence-electron chi connectivity index (χ2n) is 5.39. The summed E-state index contributed by atoms with van der Waals surface area (Å²) in [5.74, 6) is 0.193. The molecule has 4 aromatic rings. The van der Waals surface area contributed by atoms with Crippen LogP contribution in [0.25, 0.3) is 28.2 Å². The highest BCUT2D eigenvalue weighted by Gasteiger charge is 2.18. The van der Waals surface area contributed by atoms with Crippen LogP contribution in [-0.2, 0) is 0 Å². The third-order valence-corrected chi connectivity index (χ3v) is 4.20. The number of benzene rings is 3. The minimum atomic E-state index is -0.299. The van der Waals surface area contributed by atoms with Crippen molar-refractivity contribution >= 4 is 11.6 Å². The Kier molecular flexibility index (Phi) is 3.99. The van der Waals surface area contributed by atoms with Crippen LogP contribution >= 0.6 is 11.6 Å². The van der Waals surface area contributed by atoms with Crippen molar-refractivity contribution in [3.63, 3.8) is 0 Å². The third-order valence-electron chi connectivity index (χ3n) is 3.88. The zero-order valence-electron chi connectivity index (χ0n) is 13.0. The standard InChI is InChI=1S/C19H12ClFN4/c20-16-10-4-6-12-18(16)25-19(22-23-24-25)15-9-2-1-7-13(15)14-8-3-5-11-17(14)21/h1-12H. The third kappa shape index (κ3) is 2.79. The molecule has 0 aliphatic heterocycles. The molecule has 0 unspecified atom stereocenters. The summed E-state index contributed by atoms with van der Waals surface area (Å²) in [6.07, 6.45) is 0. The van der Waals surface area contributed by atoms with E-state index in [1.807, 2.05) is 42.5 Å². The normalized spacial score (nSPS) is 10.8. The number of para-hydroxylation sites is 1. The average Bonchev–Trinajstić information content (AvgIpc) is 3.12. The molecular weight excluding hydrogens is 339 g/mol. The first kappa shape index (κ1) is 15.5. The number of tetrazole rings is 1. The molecule has 0 fully saturated rings. The summed E-state index contributed by atoms with van der Waals surface area (Å²) < 4.78 is 15.9. The van der Waals surface area contributed by atoms with E-state index in [-0.39, 0.29) is 5.82 Å². The summed E-state index contributed by atoms with van der Waals surface area (Å²) >= 11 is 6.28. The van der Waals surface area contributed by atoms with E-state index in [1.54, 1.807) is 28.9 Å². The van der Waals surface area contributed by atoms with Crippen LogP contribution in [0.4, 0.5) is 4.39 Å². The SMILES string of the molecule is Fc1ccccc1-c1ccccc1-c1nnnn1-c1ccccc1Cl. The Morgan fingerprint density at radius 1 is 0.760 bits per heavy atom. The first-order valence-electron chi connectivity index (χ1n) is 7.63. The molecule has 25 heavy (non-hydrogen) atoms. The fourth-order valence-electron chi connectivity index (χ4n) is 2.73. The maximum atomic E-state index is 14.3. The molecule has 0 aliphatic rings. The maximum absolute atomic E-state index is 14.3.